The molecule has 1 aliphatic heterocycles. The topological polar surface area (TPSA) is 49.7 Å². The van der Waals surface area contributed by atoms with Gasteiger partial charge in [-0.25, -0.2) is 0 Å². The molecular formula is C26H42O3. The van der Waals surface area contributed by atoms with E-state index in [0.717, 1.165) is 24.0 Å². The van der Waals surface area contributed by atoms with E-state index in [4.69, 9.17) is 4.74 Å². The minimum atomic E-state index is -0.729. The summed E-state index contributed by atoms with van der Waals surface area (Å²) in [5.74, 6) is 0. The van der Waals surface area contributed by atoms with Crippen LogP contribution in [0.25, 0.3) is 0 Å². The van der Waals surface area contributed by atoms with Crippen molar-refractivity contribution in [2.75, 3.05) is 6.61 Å². The van der Waals surface area contributed by atoms with Crippen molar-refractivity contribution in [2.24, 2.45) is 0 Å². The standard InChI is InChI=1S/C22H30O3.2C2H6/c1-5-9-12-18(10-6-2)13-17(8-4)14-19(11-7-3)22-21(24)15-20(23)16-25-22;2*1-2/h5-7,9-12,14,20-24H,1-3,8,13,15-16H2,4H3;2*1-2H3/b12-9-,17-14+,18-10+,19-11+;;/t20?,21?,22-;;/m0../s1. The summed E-state index contributed by atoms with van der Waals surface area (Å²) in [6.45, 7) is 21.6. The third-order valence-corrected chi connectivity index (χ3v) is 4.00. The van der Waals surface area contributed by atoms with E-state index in [1.54, 1.807) is 18.2 Å². The van der Waals surface area contributed by atoms with Crippen molar-refractivity contribution < 1.29 is 14.9 Å². The van der Waals surface area contributed by atoms with Crippen molar-refractivity contribution >= 4 is 0 Å². The molecule has 0 aromatic rings. The Morgan fingerprint density at radius 2 is 1.62 bits per heavy atom. The van der Waals surface area contributed by atoms with Gasteiger partial charge in [0.15, 0.2) is 0 Å². The quantitative estimate of drug-likeness (QED) is 0.449. The molecule has 0 saturated carbocycles. The summed E-state index contributed by atoms with van der Waals surface area (Å²) in [7, 11) is 0. The number of aliphatic hydroxyl groups excluding tert-OH is 2. The molecule has 164 valence electrons. The minimum absolute atomic E-state index is 0.231. The van der Waals surface area contributed by atoms with Crippen LogP contribution in [-0.2, 0) is 4.74 Å². The summed E-state index contributed by atoms with van der Waals surface area (Å²) in [5.41, 5.74) is 3.20. The Bertz CT molecular complexity index is 579. The summed E-state index contributed by atoms with van der Waals surface area (Å²) in [6, 6.07) is 0. The Kier molecular flexibility index (Phi) is 19.6. The smallest absolute Gasteiger partial charge is 0.109 e. The number of hydrogen-bond donors (Lipinski definition) is 2. The molecule has 0 aromatic heterocycles. The summed E-state index contributed by atoms with van der Waals surface area (Å²) >= 11 is 0. The summed E-state index contributed by atoms with van der Waals surface area (Å²) in [6.07, 6.45) is 15.2. The Labute approximate surface area is 179 Å². The van der Waals surface area contributed by atoms with Crippen LogP contribution >= 0.6 is 0 Å². The minimum Gasteiger partial charge on any atom is -0.391 e. The molecule has 1 fully saturated rings. The van der Waals surface area contributed by atoms with E-state index >= 15 is 0 Å². The summed E-state index contributed by atoms with van der Waals surface area (Å²) < 4.78 is 5.66. The van der Waals surface area contributed by atoms with Crippen molar-refractivity contribution in [3.63, 3.8) is 0 Å². The van der Waals surface area contributed by atoms with Crippen LogP contribution in [0.4, 0.5) is 0 Å². The van der Waals surface area contributed by atoms with Gasteiger partial charge in [-0.3, -0.25) is 0 Å². The van der Waals surface area contributed by atoms with Gasteiger partial charge in [-0.05, 0) is 24.0 Å². The molecule has 1 rings (SSSR count). The van der Waals surface area contributed by atoms with Gasteiger partial charge < -0.3 is 14.9 Å². The van der Waals surface area contributed by atoms with Crippen LogP contribution in [0.3, 0.4) is 0 Å². The molecule has 1 saturated heterocycles. The normalized spacial score (nSPS) is 22.7. The molecule has 1 aliphatic rings. The number of aliphatic hydroxyl groups is 2. The van der Waals surface area contributed by atoms with E-state index in [1.165, 1.54) is 5.57 Å². The van der Waals surface area contributed by atoms with Crippen LogP contribution in [0.5, 0.6) is 0 Å². The molecule has 0 radical (unpaired) electrons. The van der Waals surface area contributed by atoms with Crippen LogP contribution in [0.1, 0.15) is 53.9 Å². The Morgan fingerprint density at radius 1 is 1.00 bits per heavy atom. The average molecular weight is 403 g/mol. The van der Waals surface area contributed by atoms with Gasteiger partial charge in [0.25, 0.3) is 0 Å². The number of rotatable bonds is 9. The Balaban J connectivity index is 0. The van der Waals surface area contributed by atoms with Gasteiger partial charge in [0, 0.05) is 6.42 Å². The van der Waals surface area contributed by atoms with E-state index < -0.39 is 18.3 Å². The van der Waals surface area contributed by atoms with Crippen LogP contribution in [0.2, 0.25) is 0 Å². The molecule has 29 heavy (non-hydrogen) atoms. The Morgan fingerprint density at radius 3 is 2.10 bits per heavy atom. The van der Waals surface area contributed by atoms with E-state index in [9.17, 15) is 10.2 Å². The van der Waals surface area contributed by atoms with Crippen molar-refractivity contribution in [2.45, 2.75) is 72.2 Å². The molecule has 0 bridgehead atoms. The maximum Gasteiger partial charge on any atom is 0.109 e. The van der Waals surface area contributed by atoms with Gasteiger partial charge in [-0.1, -0.05) is 109 Å². The highest BCUT2D eigenvalue weighted by Gasteiger charge is 2.30. The van der Waals surface area contributed by atoms with Crippen LogP contribution < -0.4 is 0 Å². The first-order chi connectivity index (χ1) is 14.0. The lowest BCUT2D eigenvalue weighted by atomic mass is 9.93. The second-order valence-electron chi connectivity index (χ2n) is 6.02. The molecule has 0 spiro atoms. The van der Waals surface area contributed by atoms with Crippen molar-refractivity contribution in [1.29, 1.82) is 0 Å². The third kappa shape index (κ3) is 12.3. The van der Waals surface area contributed by atoms with Crippen LogP contribution in [-0.4, -0.2) is 35.1 Å². The average Bonchev–Trinajstić information content (AvgIpc) is 2.74. The molecular weight excluding hydrogens is 360 g/mol. The summed E-state index contributed by atoms with van der Waals surface area (Å²) in [4.78, 5) is 0. The molecule has 0 amide bonds. The fourth-order valence-corrected chi connectivity index (χ4v) is 2.77. The predicted molar refractivity (Wildman–Crippen MR) is 128 cm³/mol. The second-order valence-corrected chi connectivity index (χ2v) is 6.02. The molecule has 2 unspecified atom stereocenters. The first-order valence-corrected chi connectivity index (χ1v) is 10.7. The third-order valence-electron chi connectivity index (χ3n) is 4.00. The first-order valence-electron chi connectivity index (χ1n) is 10.7. The van der Waals surface area contributed by atoms with E-state index in [1.807, 2.05) is 52.0 Å². The van der Waals surface area contributed by atoms with Gasteiger partial charge in [0.1, 0.15) is 6.10 Å². The second kappa shape index (κ2) is 19.4. The van der Waals surface area contributed by atoms with Gasteiger partial charge >= 0.3 is 0 Å². The maximum atomic E-state index is 10.3. The van der Waals surface area contributed by atoms with Gasteiger partial charge in [0.05, 0.1) is 18.8 Å². The SMILES string of the molecule is C=C/C=C\C(=C/C=C)C/C(=C/C(=C\C=C)[C@@H]1OCC(O)CC1O)CC.CC.CC. The molecule has 0 aromatic carbocycles. The first kappa shape index (κ1) is 29.3. The van der Waals surface area contributed by atoms with Crippen molar-refractivity contribution in [3.8, 4) is 0 Å². The predicted octanol–water partition coefficient (Wildman–Crippen LogP) is 6.24. The van der Waals surface area contributed by atoms with E-state index in [0.29, 0.717) is 6.42 Å². The molecule has 3 atom stereocenters. The highest BCUT2D eigenvalue weighted by atomic mass is 16.5. The molecule has 3 nitrogen and oxygen atoms in total. The van der Waals surface area contributed by atoms with Crippen molar-refractivity contribution in [3.05, 3.63) is 85.1 Å². The lowest BCUT2D eigenvalue weighted by molar-refractivity contribution is -0.106. The zero-order chi connectivity index (χ0) is 22.7. The van der Waals surface area contributed by atoms with E-state index in [2.05, 4.69) is 32.7 Å². The molecule has 2 N–H and O–H groups in total. The Hall–Kier alpha value is -1.94. The van der Waals surface area contributed by atoms with Gasteiger partial charge in [-0.15, -0.1) is 0 Å². The highest BCUT2D eigenvalue weighted by molar-refractivity contribution is 5.36. The zero-order valence-electron chi connectivity index (χ0n) is 19.1. The number of hydrogen-bond acceptors (Lipinski definition) is 3. The summed E-state index contributed by atoms with van der Waals surface area (Å²) in [5, 5.41) is 19.9. The van der Waals surface area contributed by atoms with Gasteiger partial charge in [-0.2, -0.15) is 0 Å². The lowest BCUT2D eigenvalue weighted by Gasteiger charge is -2.32. The fourth-order valence-electron chi connectivity index (χ4n) is 2.77. The number of allylic oxidation sites excluding steroid dienone is 9. The lowest BCUT2D eigenvalue weighted by Crippen LogP contribution is -2.41. The zero-order valence-corrected chi connectivity index (χ0v) is 19.1. The maximum absolute atomic E-state index is 10.3. The monoisotopic (exact) mass is 402 g/mol. The van der Waals surface area contributed by atoms with E-state index in [-0.39, 0.29) is 6.61 Å². The fraction of sp³-hybridized carbons (Fsp3) is 0.462. The van der Waals surface area contributed by atoms with Crippen molar-refractivity contribution in [1.82, 2.24) is 0 Å². The highest BCUT2D eigenvalue weighted by Crippen LogP contribution is 2.25. The molecule has 3 heteroatoms. The van der Waals surface area contributed by atoms with Crippen LogP contribution in [0.15, 0.2) is 85.1 Å². The van der Waals surface area contributed by atoms with Crippen LogP contribution in [0, 0.1) is 0 Å². The molecule has 1 heterocycles. The largest absolute Gasteiger partial charge is 0.391 e. The number of ether oxygens (including phenoxy) is 1. The van der Waals surface area contributed by atoms with Gasteiger partial charge in [0.2, 0.25) is 0 Å². The molecule has 0 aliphatic carbocycles.